The summed E-state index contributed by atoms with van der Waals surface area (Å²) in [5.41, 5.74) is 0.996. The number of hydrogen-bond acceptors (Lipinski definition) is 7. The minimum absolute atomic E-state index is 0.708. The molecule has 0 aliphatic carbocycles. The highest BCUT2D eigenvalue weighted by atomic mass is 16.1. The van der Waals surface area contributed by atoms with Gasteiger partial charge in [0, 0.05) is 24.9 Å². The monoisotopic (exact) mass is 414 g/mol. The van der Waals surface area contributed by atoms with E-state index in [0.717, 1.165) is 61.4 Å². The van der Waals surface area contributed by atoms with Crippen molar-refractivity contribution in [3.05, 3.63) is 30.1 Å². The summed E-state index contributed by atoms with van der Waals surface area (Å²) in [6.45, 7) is 6.03. The topological polar surface area (TPSA) is 73.4 Å². The molecule has 0 unspecified atom stereocenters. The summed E-state index contributed by atoms with van der Waals surface area (Å²) in [4.78, 5) is 23.7. The molecule has 1 saturated heterocycles. The van der Waals surface area contributed by atoms with Crippen LogP contribution in [-0.4, -0.2) is 79.9 Å². The maximum Gasteiger partial charge on any atom is 0.145 e. The summed E-state index contributed by atoms with van der Waals surface area (Å²) in [5, 5.41) is 7.66. The average molecular weight is 415 g/mol. The van der Waals surface area contributed by atoms with E-state index in [9.17, 15) is 4.79 Å². The summed E-state index contributed by atoms with van der Waals surface area (Å²) in [6.07, 6.45) is 6.79. The van der Waals surface area contributed by atoms with Crippen LogP contribution in [0.4, 0.5) is 5.82 Å². The largest absolute Gasteiger partial charge is 0.369 e. The van der Waals surface area contributed by atoms with Crippen LogP contribution in [-0.2, 0) is 11.3 Å². The number of rotatable bonds is 10. The number of benzene rings is 1. The molecule has 0 amide bonds. The van der Waals surface area contributed by atoms with E-state index < -0.39 is 0 Å². The highest BCUT2D eigenvalue weighted by molar-refractivity contribution is 5.88. The zero-order valence-corrected chi connectivity index (χ0v) is 18.9. The number of carbonyl (C=O) groups excluding carboxylic acids is 1. The predicted octanol–water partition coefficient (Wildman–Crippen LogP) is 2.77. The number of aromatic nitrogens is 2. The third-order valence-electron chi connectivity index (χ3n) is 5.02. The molecular formula is C23H38N6O. The van der Waals surface area contributed by atoms with E-state index >= 15 is 0 Å². The summed E-state index contributed by atoms with van der Waals surface area (Å²) in [5.74, 6) is 1.79. The van der Waals surface area contributed by atoms with Gasteiger partial charge in [0.2, 0.25) is 0 Å². The summed E-state index contributed by atoms with van der Waals surface area (Å²) < 4.78 is 0. The van der Waals surface area contributed by atoms with E-state index in [1.807, 2.05) is 39.3 Å². The molecule has 0 atom stereocenters. The third kappa shape index (κ3) is 8.73. The van der Waals surface area contributed by atoms with Gasteiger partial charge in [-0.15, -0.1) is 0 Å². The van der Waals surface area contributed by atoms with Crippen molar-refractivity contribution >= 4 is 23.0 Å². The zero-order valence-electron chi connectivity index (χ0n) is 18.9. The van der Waals surface area contributed by atoms with Crippen molar-refractivity contribution in [2.24, 2.45) is 0 Å². The van der Waals surface area contributed by atoms with Gasteiger partial charge in [0.15, 0.2) is 0 Å². The van der Waals surface area contributed by atoms with Crippen molar-refractivity contribution in [2.45, 2.75) is 38.6 Å². The molecule has 3 rings (SSSR count). The molecule has 1 fully saturated rings. The van der Waals surface area contributed by atoms with Crippen molar-refractivity contribution in [1.82, 2.24) is 25.1 Å². The lowest BCUT2D eigenvalue weighted by Gasteiger charge is -2.25. The lowest BCUT2D eigenvalue weighted by Crippen LogP contribution is -2.30. The van der Waals surface area contributed by atoms with Gasteiger partial charge in [-0.05, 0) is 72.2 Å². The Morgan fingerprint density at radius 2 is 1.87 bits per heavy atom. The summed E-state index contributed by atoms with van der Waals surface area (Å²) in [6, 6.07) is 8.14. The van der Waals surface area contributed by atoms with Crippen LogP contribution in [0.15, 0.2) is 24.3 Å². The number of anilines is 1. The number of para-hydroxylation sites is 1. The Morgan fingerprint density at radius 1 is 1.10 bits per heavy atom. The van der Waals surface area contributed by atoms with Gasteiger partial charge in [-0.3, -0.25) is 0 Å². The van der Waals surface area contributed by atoms with Gasteiger partial charge < -0.3 is 25.2 Å². The van der Waals surface area contributed by atoms with E-state index in [1.165, 1.54) is 32.4 Å². The lowest BCUT2D eigenvalue weighted by atomic mass is 10.1. The summed E-state index contributed by atoms with van der Waals surface area (Å²) >= 11 is 0. The minimum atomic E-state index is 0.708. The molecule has 1 aliphatic rings. The molecule has 7 nitrogen and oxygen atoms in total. The molecule has 166 valence electrons. The van der Waals surface area contributed by atoms with E-state index in [-0.39, 0.29) is 0 Å². The Balaban J connectivity index is 0.000000269. The maximum atomic E-state index is 10.0. The van der Waals surface area contributed by atoms with Crippen LogP contribution in [0, 0.1) is 0 Å². The molecule has 2 aromatic rings. The molecule has 2 heterocycles. The molecular weight excluding hydrogens is 376 g/mol. The normalized spacial score (nSPS) is 14.4. The van der Waals surface area contributed by atoms with Gasteiger partial charge in [0.05, 0.1) is 12.1 Å². The number of aldehydes is 1. The fourth-order valence-corrected chi connectivity index (χ4v) is 3.50. The third-order valence-corrected chi connectivity index (χ3v) is 5.02. The van der Waals surface area contributed by atoms with Crippen LogP contribution in [0.2, 0.25) is 0 Å². The molecule has 0 saturated carbocycles. The highest BCUT2D eigenvalue weighted by Gasteiger charge is 2.08. The van der Waals surface area contributed by atoms with E-state index in [0.29, 0.717) is 6.42 Å². The van der Waals surface area contributed by atoms with Crippen LogP contribution < -0.4 is 10.6 Å². The van der Waals surface area contributed by atoms with Gasteiger partial charge in [-0.2, -0.15) is 0 Å². The van der Waals surface area contributed by atoms with Crippen molar-refractivity contribution in [3.63, 3.8) is 0 Å². The highest BCUT2D eigenvalue weighted by Crippen LogP contribution is 2.20. The average Bonchev–Trinajstić information content (AvgIpc) is 2.76. The number of hydrogen-bond donors (Lipinski definition) is 2. The van der Waals surface area contributed by atoms with Crippen molar-refractivity contribution in [2.75, 3.05) is 59.2 Å². The molecule has 0 radical (unpaired) electrons. The Morgan fingerprint density at radius 3 is 2.57 bits per heavy atom. The first kappa shape index (κ1) is 24.2. The SMILES string of the molecule is CNCCCNc1nc(CN(C)C)nc2ccccc12.O=CCCN1CCCCC1. The first-order valence-corrected chi connectivity index (χ1v) is 11.1. The number of nitrogens with one attached hydrogen (secondary N) is 2. The standard InChI is InChI=1S/C15H23N5.C8H15NO/c1-16-9-6-10-17-15-12-7-4-5-8-13(12)18-14(19-15)11-20(2)3;10-8-4-7-9-5-2-1-3-6-9/h4-5,7-8,16H,6,9-11H2,1-3H3,(H,17,18,19);8H,1-7H2. The molecule has 1 aliphatic heterocycles. The van der Waals surface area contributed by atoms with Crippen LogP contribution in [0.3, 0.4) is 0 Å². The van der Waals surface area contributed by atoms with Crippen molar-refractivity contribution < 1.29 is 4.79 Å². The minimum Gasteiger partial charge on any atom is -0.369 e. The van der Waals surface area contributed by atoms with E-state index in [2.05, 4.69) is 36.5 Å². The van der Waals surface area contributed by atoms with Crippen molar-refractivity contribution in [1.29, 1.82) is 0 Å². The van der Waals surface area contributed by atoms with Crippen LogP contribution in [0.5, 0.6) is 0 Å². The van der Waals surface area contributed by atoms with Crippen molar-refractivity contribution in [3.8, 4) is 0 Å². The second-order valence-corrected chi connectivity index (χ2v) is 7.98. The van der Waals surface area contributed by atoms with Crippen LogP contribution >= 0.6 is 0 Å². The Labute approximate surface area is 181 Å². The molecule has 7 heteroatoms. The second-order valence-electron chi connectivity index (χ2n) is 7.98. The zero-order chi connectivity index (χ0) is 21.6. The van der Waals surface area contributed by atoms with Gasteiger partial charge in [0.25, 0.3) is 0 Å². The van der Waals surface area contributed by atoms with Crippen LogP contribution in [0.25, 0.3) is 10.9 Å². The van der Waals surface area contributed by atoms with Crippen LogP contribution in [0.1, 0.15) is 37.9 Å². The summed E-state index contributed by atoms with van der Waals surface area (Å²) in [7, 11) is 6.02. The first-order chi connectivity index (χ1) is 14.6. The molecule has 0 bridgehead atoms. The second kappa shape index (κ2) is 14.0. The van der Waals surface area contributed by atoms with Gasteiger partial charge in [-0.25, -0.2) is 9.97 Å². The molecule has 0 spiro atoms. The fourth-order valence-electron chi connectivity index (χ4n) is 3.50. The predicted molar refractivity (Wildman–Crippen MR) is 125 cm³/mol. The van der Waals surface area contributed by atoms with Gasteiger partial charge in [0.1, 0.15) is 17.9 Å². The van der Waals surface area contributed by atoms with E-state index in [1.54, 1.807) is 0 Å². The lowest BCUT2D eigenvalue weighted by molar-refractivity contribution is -0.108. The van der Waals surface area contributed by atoms with Gasteiger partial charge >= 0.3 is 0 Å². The number of fused-ring (bicyclic) bond motifs is 1. The quantitative estimate of drug-likeness (QED) is 0.457. The fraction of sp³-hybridized carbons (Fsp3) is 0.609. The Bertz CT molecular complexity index is 746. The molecule has 1 aromatic heterocycles. The number of likely N-dealkylation sites (tertiary alicyclic amines) is 1. The smallest absolute Gasteiger partial charge is 0.145 e. The number of carbonyl (C=O) groups is 1. The first-order valence-electron chi connectivity index (χ1n) is 11.1. The number of nitrogens with zero attached hydrogens (tertiary/aromatic N) is 4. The molecule has 30 heavy (non-hydrogen) atoms. The molecule has 1 aromatic carbocycles. The maximum absolute atomic E-state index is 10.0. The molecule has 2 N–H and O–H groups in total. The Kier molecular flexibility index (Phi) is 11.3. The Hall–Kier alpha value is -2.09. The number of piperidine rings is 1. The van der Waals surface area contributed by atoms with E-state index in [4.69, 9.17) is 0 Å². The van der Waals surface area contributed by atoms with Gasteiger partial charge in [-0.1, -0.05) is 18.6 Å².